The Hall–Kier alpha value is -0.970. The topological polar surface area (TPSA) is 41.1 Å². The number of hydrogen-bond donors (Lipinski definition) is 1. The van der Waals surface area contributed by atoms with Gasteiger partial charge >= 0.3 is 0 Å². The van der Waals surface area contributed by atoms with Crippen LogP contribution in [0.5, 0.6) is 0 Å². The van der Waals surface area contributed by atoms with Crippen LogP contribution in [0.1, 0.15) is 45.0 Å². The highest BCUT2D eigenvalue weighted by Crippen LogP contribution is 2.34. The minimum absolute atomic E-state index is 0.285. The van der Waals surface area contributed by atoms with Gasteiger partial charge in [-0.3, -0.25) is 0 Å². The van der Waals surface area contributed by atoms with Crippen molar-refractivity contribution in [3.63, 3.8) is 0 Å². The van der Waals surface area contributed by atoms with Crippen LogP contribution in [0, 0.1) is 6.92 Å². The molecule has 0 saturated carbocycles. The first-order valence-corrected chi connectivity index (χ1v) is 8.28. The number of anilines is 2. The van der Waals surface area contributed by atoms with Gasteiger partial charge in [0.15, 0.2) is 0 Å². The first-order valence-electron chi connectivity index (χ1n) is 7.29. The van der Waals surface area contributed by atoms with Gasteiger partial charge in [-0.05, 0) is 20.8 Å². The van der Waals surface area contributed by atoms with Gasteiger partial charge in [-0.2, -0.15) is 11.8 Å². The lowest BCUT2D eigenvalue weighted by Gasteiger charge is -2.39. The molecule has 5 heteroatoms. The number of nitrogens with one attached hydrogen (secondary N) is 1. The Morgan fingerprint density at radius 1 is 1.30 bits per heavy atom. The quantitative estimate of drug-likeness (QED) is 0.926. The van der Waals surface area contributed by atoms with E-state index in [0.717, 1.165) is 41.9 Å². The van der Waals surface area contributed by atoms with Crippen molar-refractivity contribution in [1.82, 2.24) is 9.97 Å². The fraction of sp³-hybridized carbons (Fsp3) is 0.733. The Kier molecular flexibility index (Phi) is 4.47. The van der Waals surface area contributed by atoms with Crippen LogP contribution < -0.4 is 10.2 Å². The van der Waals surface area contributed by atoms with Crippen molar-refractivity contribution in [3.05, 3.63) is 11.4 Å². The molecule has 0 amide bonds. The van der Waals surface area contributed by atoms with Crippen LogP contribution in [-0.2, 0) is 0 Å². The zero-order valence-electron chi connectivity index (χ0n) is 13.4. The molecule has 1 aromatic heterocycles. The molecular formula is C15H26N4S. The summed E-state index contributed by atoms with van der Waals surface area (Å²) in [6.07, 6.45) is 0. The van der Waals surface area contributed by atoms with Crippen molar-refractivity contribution < 1.29 is 0 Å². The van der Waals surface area contributed by atoms with Crippen molar-refractivity contribution in [1.29, 1.82) is 0 Å². The summed E-state index contributed by atoms with van der Waals surface area (Å²) in [6, 6.07) is 0. The molecule has 0 radical (unpaired) electrons. The van der Waals surface area contributed by atoms with E-state index in [4.69, 9.17) is 4.98 Å². The van der Waals surface area contributed by atoms with Gasteiger partial charge in [0.05, 0.1) is 0 Å². The normalized spacial score (nSPS) is 18.4. The van der Waals surface area contributed by atoms with E-state index in [1.54, 1.807) is 0 Å². The van der Waals surface area contributed by atoms with Crippen LogP contribution in [0.25, 0.3) is 0 Å². The molecule has 1 aromatic rings. The smallest absolute Gasteiger partial charge is 0.137 e. The number of thioether (sulfide) groups is 1. The molecule has 0 atom stereocenters. The highest BCUT2D eigenvalue weighted by Gasteiger charge is 2.29. The highest BCUT2D eigenvalue weighted by atomic mass is 32.2. The minimum Gasteiger partial charge on any atom is -0.373 e. The lowest BCUT2D eigenvalue weighted by molar-refractivity contribution is 0.636. The molecule has 1 fully saturated rings. The Morgan fingerprint density at radius 3 is 2.55 bits per heavy atom. The molecule has 1 saturated heterocycles. The van der Waals surface area contributed by atoms with Gasteiger partial charge < -0.3 is 10.2 Å². The van der Waals surface area contributed by atoms with Gasteiger partial charge in [0.1, 0.15) is 17.5 Å². The standard InChI is InChI=1S/C15H26N4S/c1-10(2)12-17-13(16-6)11(3)14(18-12)19-7-8-20-15(4,5)9-19/h10H,7-9H2,1-6H3,(H,16,17,18). The van der Waals surface area contributed by atoms with Crippen molar-refractivity contribution >= 4 is 23.4 Å². The first-order chi connectivity index (χ1) is 9.34. The second kappa shape index (κ2) is 5.80. The van der Waals surface area contributed by atoms with Crippen LogP contribution in [0.2, 0.25) is 0 Å². The lowest BCUT2D eigenvalue weighted by Crippen LogP contribution is -2.44. The fourth-order valence-corrected chi connectivity index (χ4v) is 3.64. The number of aromatic nitrogens is 2. The zero-order valence-corrected chi connectivity index (χ0v) is 14.3. The molecule has 1 aliphatic rings. The largest absolute Gasteiger partial charge is 0.373 e. The highest BCUT2D eigenvalue weighted by molar-refractivity contribution is 8.00. The van der Waals surface area contributed by atoms with Crippen LogP contribution in [-0.4, -0.2) is 40.6 Å². The Balaban J connectivity index is 2.41. The van der Waals surface area contributed by atoms with Gasteiger partial charge in [-0.1, -0.05) is 13.8 Å². The average molecular weight is 294 g/mol. The Bertz CT molecular complexity index is 485. The predicted octanol–water partition coefficient (Wildman–Crippen LogP) is 3.28. The van der Waals surface area contributed by atoms with Crippen LogP contribution >= 0.6 is 11.8 Å². The van der Waals surface area contributed by atoms with Gasteiger partial charge in [-0.25, -0.2) is 9.97 Å². The zero-order chi connectivity index (χ0) is 14.9. The molecule has 20 heavy (non-hydrogen) atoms. The van der Waals surface area contributed by atoms with Crippen LogP contribution in [0.15, 0.2) is 0 Å². The molecule has 1 aliphatic heterocycles. The molecule has 2 heterocycles. The molecule has 0 aromatic carbocycles. The molecule has 0 aliphatic carbocycles. The minimum atomic E-state index is 0.285. The Morgan fingerprint density at radius 2 is 2.00 bits per heavy atom. The summed E-state index contributed by atoms with van der Waals surface area (Å²) in [5.41, 5.74) is 1.15. The van der Waals surface area contributed by atoms with E-state index in [1.165, 1.54) is 0 Å². The maximum absolute atomic E-state index is 4.84. The van der Waals surface area contributed by atoms with Gasteiger partial charge in [0, 0.05) is 42.1 Å². The molecule has 1 N–H and O–H groups in total. The number of hydrogen-bond acceptors (Lipinski definition) is 5. The van der Waals surface area contributed by atoms with Gasteiger partial charge in [0.2, 0.25) is 0 Å². The maximum Gasteiger partial charge on any atom is 0.137 e. The fourth-order valence-electron chi connectivity index (χ4n) is 2.53. The number of rotatable bonds is 3. The van der Waals surface area contributed by atoms with Gasteiger partial charge in [0.25, 0.3) is 0 Å². The summed E-state index contributed by atoms with van der Waals surface area (Å²) in [5, 5.41) is 3.21. The van der Waals surface area contributed by atoms with Crippen LogP contribution in [0.3, 0.4) is 0 Å². The first kappa shape index (κ1) is 15.4. The predicted molar refractivity (Wildman–Crippen MR) is 89.2 cm³/mol. The van der Waals surface area contributed by atoms with E-state index in [0.29, 0.717) is 5.92 Å². The SMILES string of the molecule is CNc1nc(C(C)C)nc(N2CCSC(C)(C)C2)c1C. The summed E-state index contributed by atoms with van der Waals surface area (Å²) >= 11 is 2.04. The molecule has 112 valence electrons. The van der Waals surface area contributed by atoms with E-state index in [-0.39, 0.29) is 4.75 Å². The monoisotopic (exact) mass is 294 g/mol. The van der Waals surface area contributed by atoms with E-state index >= 15 is 0 Å². The van der Waals surface area contributed by atoms with Crippen molar-refractivity contribution in [2.24, 2.45) is 0 Å². The summed E-state index contributed by atoms with van der Waals surface area (Å²) in [4.78, 5) is 11.9. The molecule has 0 bridgehead atoms. The summed E-state index contributed by atoms with van der Waals surface area (Å²) in [6.45, 7) is 13.1. The summed E-state index contributed by atoms with van der Waals surface area (Å²) in [7, 11) is 1.93. The molecule has 0 spiro atoms. The van der Waals surface area contributed by atoms with Crippen molar-refractivity contribution in [2.75, 3.05) is 36.1 Å². The second-order valence-electron chi connectivity index (χ2n) is 6.31. The average Bonchev–Trinajstić information content (AvgIpc) is 2.37. The van der Waals surface area contributed by atoms with E-state index in [9.17, 15) is 0 Å². The van der Waals surface area contributed by atoms with Crippen molar-refractivity contribution in [2.45, 2.75) is 45.3 Å². The molecule has 2 rings (SSSR count). The van der Waals surface area contributed by atoms with Crippen molar-refractivity contribution in [3.8, 4) is 0 Å². The number of nitrogens with zero attached hydrogens (tertiary/aromatic N) is 3. The lowest BCUT2D eigenvalue weighted by atomic mass is 10.1. The third-order valence-corrected chi connectivity index (χ3v) is 4.91. The van der Waals surface area contributed by atoms with E-state index in [2.05, 4.69) is 49.8 Å². The van der Waals surface area contributed by atoms with Gasteiger partial charge in [-0.15, -0.1) is 0 Å². The van der Waals surface area contributed by atoms with Crippen LogP contribution in [0.4, 0.5) is 11.6 Å². The molecule has 0 unspecified atom stereocenters. The molecule has 4 nitrogen and oxygen atoms in total. The third kappa shape index (κ3) is 3.19. The summed E-state index contributed by atoms with van der Waals surface area (Å²) in [5.74, 6) is 4.47. The van der Waals surface area contributed by atoms with E-state index in [1.807, 2.05) is 18.8 Å². The Labute approximate surface area is 126 Å². The summed E-state index contributed by atoms with van der Waals surface area (Å²) < 4.78 is 0.285. The van der Waals surface area contributed by atoms with E-state index < -0.39 is 0 Å². The maximum atomic E-state index is 4.84. The second-order valence-corrected chi connectivity index (χ2v) is 8.12. The molecular weight excluding hydrogens is 268 g/mol. The third-order valence-electron chi connectivity index (χ3n) is 3.62.